The summed E-state index contributed by atoms with van der Waals surface area (Å²) in [6, 6.07) is 16.0. The molecule has 0 saturated carbocycles. The van der Waals surface area contributed by atoms with E-state index in [2.05, 4.69) is 12.1 Å². The number of carbonyl (C=O) groups excluding carboxylic acids is 2. The molecule has 160 valence electrons. The van der Waals surface area contributed by atoms with Crippen LogP contribution in [0.3, 0.4) is 0 Å². The number of ether oxygens (including phenoxy) is 1. The molecular formula is C25H30O5. The number of aliphatic hydroxyl groups is 2. The zero-order valence-electron chi connectivity index (χ0n) is 17.4. The van der Waals surface area contributed by atoms with E-state index in [0.717, 1.165) is 49.7 Å². The lowest BCUT2D eigenvalue weighted by molar-refractivity contribution is -0.162. The minimum atomic E-state index is -0.560. The van der Waals surface area contributed by atoms with Crippen molar-refractivity contribution < 1.29 is 24.5 Å². The predicted octanol–water partition coefficient (Wildman–Crippen LogP) is 3.66. The number of benzene rings is 2. The van der Waals surface area contributed by atoms with Crippen LogP contribution >= 0.6 is 0 Å². The van der Waals surface area contributed by atoms with Crippen molar-refractivity contribution in [3.8, 4) is 0 Å². The molecule has 5 nitrogen and oxygen atoms in total. The third-order valence-electron chi connectivity index (χ3n) is 5.77. The van der Waals surface area contributed by atoms with Gasteiger partial charge in [-0.15, -0.1) is 0 Å². The average molecular weight is 411 g/mol. The van der Waals surface area contributed by atoms with Crippen LogP contribution in [0.1, 0.15) is 66.7 Å². The number of hydrogen-bond acceptors (Lipinski definition) is 5. The van der Waals surface area contributed by atoms with E-state index in [1.165, 1.54) is 18.1 Å². The summed E-state index contributed by atoms with van der Waals surface area (Å²) in [5.74, 6) is -1.40. The van der Waals surface area contributed by atoms with E-state index in [1.54, 1.807) is 0 Å². The molecule has 5 heteroatoms. The van der Waals surface area contributed by atoms with Gasteiger partial charge in [0.2, 0.25) is 0 Å². The Morgan fingerprint density at radius 1 is 0.900 bits per heavy atom. The molecule has 0 aromatic heterocycles. The minimum Gasteiger partial charge on any atom is -0.394 e. The van der Waals surface area contributed by atoms with Gasteiger partial charge in [0.15, 0.2) is 0 Å². The molecule has 0 saturated heterocycles. The highest BCUT2D eigenvalue weighted by molar-refractivity contribution is 5.93. The predicted molar refractivity (Wildman–Crippen MR) is 114 cm³/mol. The number of aliphatic hydroxyl groups excluding tert-OH is 2. The first-order valence-electron chi connectivity index (χ1n) is 10.7. The van der Waals surface area contributed by atoms with E-state index in [-0.39, 0.29) is 30.4 Å². The third kappa shape index (κ3) is 5.35. The van der Waals surface area contributed by atoms with Crippen molar-refractivity contribution in [1.82, 2.24) is 0 Å². The van der Waals surface area contributed by atoms with Gasteiger partial charge in [-0.25, -0.2) is 0 Å². The summed E-state index contributed by atoms with van der Waals surface area (Å²) in [5.41, 5.74) is 4.45. The molecular weight excluding hydrogens is 380 g/mol. The Bertz CT molecular complexity index is 806. The molecule has 2 aliphatic rings. The molecule has 30 heavy (non-hydrogen) atoms. The van der Waals surface area contributed by atoms with Crippen LogP contribution in [0.2, 0.25) is 0 Å². The summed E-state index contributed by atoms with van der Waals surface area (Å²) in [7, 11) is 0. The number of esters is 2. The molecule has 0 bridgehead atoms. The van der Waals surface area contributed by atoms with Crippen molar-refractivity contribution in [1.29, 1.82) is 0 Å². The third-order valence-corrected chi connectivity index (χ3v) is 5.77. The average Bonchev–Trinajstić information content (AvgIpc) is 2.78. The second-order valence-electron chi connectivity index (χ2n) is 8.06. The molecule has 3 atom stereocenters. The van der Waals surface area contributed by atoms with Crippen molar-refractivity contribution in [3.63, 3.8) is 0 Å². The number of fused-ring (bicyclic) bond motifs is 2. The van der Waals surface area contributed by atoms with E-state index in [0.29, 0.717) is 0 Å². The van der Waals surface area contributed by atoms with Crippen LogP contribution in [0, 0.1) is 0 Å². The molecule has 0 amide bonds. The zero-order chi connectivity index (χ0) is 21.5. The maximum absolute atomic E-state index is 12.7. The molecule has 0 radical (unpaired) electrons. The Morgan fingerprint density at radius 2 is 1.30 bits per heavy atom. The van der Waals surface area contributed by atoms with Gasteiger partial charge in [0.05, 0.1) is 24.5 Å². The molecule has 0 fully saturated rings. The number of rotatable bonds is 3. The number of aryl methyl sites for hydroxylation is 2. The molecule has 3 unspecified atom stereocenters. The van der Waals surface area contributed by atoms with Gasteiger partial charge in [0.25, 0.3) is 0 Å². The first-order valence-corrected chi connectivity index (χ1v) is 10.7. The summed E-state index contributed by atoms with van der Waals surface area (Å²) < 4.78 is 5.37. The molecule has 4 rings (SSSR count). The van der Waals surface area contributed by atoms with Crippen LogP contribution in [0.15, 0.2) is 48.5 Å². The summed E-state index contributed by atoms with van der Waals surface area (Å²) in [4.78, 5) is 25.4. The summed E-state index contributed by atoms with van der Waals surface area (Å²) in [6.45, 7) is 1.39. The van der Waals surface area contributed by atoms with Crippen molar-refractivity contribution >= 4 is 11.9 Å². The second kappa shape index (κ2) is 10.5. The van der Waals surface area contributed by atoms with Gasteiger partial charge >= 0.3 is 11.9 Å². The van der Waals surface area contributed by atoms with Gasteiger partial charge in [-0.1, -0.05) is 48.5 Å². The van der Waals surface area contributed by atoms with Crippen LogP contribution in [0.25, 0.3) is 0 Å². The van der Waals surface area contributed by atoms with Crippen molar-refractivity contribution in [2.24, 2.45) is 0 Å². The van der Waals surface area contributed by atoms with Crippen LogP contribution in [-0.2, 0) is 27.2 Å². The molecule has 0 spiro atoms. The van der Waals surface area contributed by atoms with Crippen molar-refractivity contribution in [2.45, 2.75) is 63.4 Å². The van der Waals surface area contributed by atoms with Gasteiger partial charge in [-0.05, 0) is 67.7 Å². The quantitative estimate of drug-likeness (QED) is 0.596. The largest absolute Gasteiger partial charge is 0.394 e. The Balaban J connectivity index is 0.000000461. The van der Waals surface area contributed by atoms with Crippen LogP contribution < -0.4 is 0 Å². The van der Waals surface area contributed by atoms with Crippen molar-refractivity contribution in [2.75, 3.05) is 6.61 Å². The van der Waals surface area contributed by atoms with E-state index >= 15 is 0 Å². The highest BCUT2D eigenvalue weighted by Crippen LogP contribution is 2.35. The molecule has 0 aliphatic heterocycles. The molecule has 2 aromatic carbocycles. The number of hydrogen-bond donors (Lipinski definition) is 2. The zero-order valence-corrected chi connectivity index (χ0v) is 17.4. The van der Waals surface area contributed by atoms with Crippen LogP contribution in [-0.4, -0.2) is 34.9 Å². The van der Waals surface area contributed by atoms with Gasteiger partial charge in [-0.2, -0.15) is 0 Å². The minimum absolute atomic E-state index is 0.139. The monoisotopic (exact) mass is 410 g/mol. The fourth-order valence-corrected chi connectivity index (χ4v) is 4.24. The van der Waals surface area contributed by atoms with Crippen LogP contribution in [0.5, 0.6) is 0 Å². The summed E-state index contributed by atoms with van der Waals surface area (Å²) >= 11 is 0. The van der Waals surface area contributed by atoms with Gasteiger partial charge in [-0.3, -0.25) is 9.59 Å². The number of carbonyl (C=O) groups is 2. The second-order valence-corrected chi connectivity index (χ2v) is 8.06. The Kier molecular flexibility index (Phi) is 7.77. The highest BCUT2D eigenvalue weighted by Gasteiger charge is 2.33. The molecule has 2 aliphatic carbocycles. The highest BCUT2D eigenvalue weighted by atomic mass is 16.6. The van der Waals surface area contributed by atoms with Gasteiger partial charge in [0.1, 0.15) is 0 Å². The standard InChI is InChI=1S/C22H22O3.C3H8O2/c23-21(19-13-5-9-15-7-1-3-11-17(15)19)25-22(24)20-14-6-10-16-8-2-4-12-18(16)20;1-3(5)2-4/h1-4,7-8,11-12,19-20H,5-6,9-10,13-14H2;3-5H,2H2,1H3. The van der Waals surface area contributed by atoms with Gasteiger partial charge < -0.3 is 14.9 Å². The topological polar surface area (TPSA) is 83.8 Å². The maximum Gasteiger partial charge on any atom is 0.321 e. The van der Waals surface area contributed by atoms with E-state index in [4.69, 9.17) is 14.9 Å². The Hall–Kier alpha value is -2.50. The first-order chi connectivity index (χ1) is 14.5. The lowest BCUT2D eigenvalue weighted by Gasteiger charge is -2.26. The normalized spacial score (nSPS) is 20.6. The Labute approximate surface area is 177 Å². The van der Waals surface area contributed by atoms with Crippen LogP contribution in [0.4, 0.5) is 0 Å². The molecule has 0 heterocycles. The van der Waals surface area contributed by atoms with Gasteiger partial charge in [0, 0.05) is 0 Å². The van der Waals surface area contributed by atoms with E-state index < -0.39 is 6.10 Å². The van der Waals surface area contributed by atoms with Crippen molar-refractivity contribution in [3.05, 3.63) is 70.8 Å². The van der Waals surface area contributed by atoms with E-state index in [9.17, 15) is 9.59 Å². The fraction of sp³-hybridized carbons (Fsp3) is 0.440. The summed E-state index contributed by atoms with van der Waals surface area (Å²) in [5, 5.41) is 16.0. The molecule has 2 aromatic rings. The molecule has 2 N–H and O–H groups in total. The maximum atomic E-state index is 12.7. The van der Waals surface area contributed by atoms with E-state index in [1.807, 2.05) is 36.4 Å². The first kappa shape index (κ1) is 22.2. The lowest BCUT2D eigenvalue weighted by Crippen LogP contribution is -2.27. The smallest absolute Gasteiger partial charge is 0.321 e. The lowest BCUT2D eigenvalue weighted by atomic mass is 9.82. The Morgan fingerprint density at radius 3 is 1.70 bits per heavy atom. The SMILES string of the molecule is CC(O)CO.O=C(OC(=O)C1CCCc2ccccc21)C1CCCc2ccccc21. The summed E-state index contributed by atoms with van der Waals surface area (Å²) in [6.07, 6.45) is 4.84. The fourth-order valence-electron chi connectivity index (χ4n) is 4.24.